The summed E-state index contributed by atoms with van der Waals surface area (Å²) >= 11 is 0. The Labute approximate surface area is 125 Å². The van der Waals surface area contributed by atoms with Gasteiger partial charge in [-0.15, -0.1) is 0 Å². The van der Waals surface area contributed by atoms with Crippen LogP contribution in [0.15, 0.2) is 30.7 Å². The quantitative estimate of drug-likeness (QED) is 0.919. The first kappa shape index (κ1) is 12.9. The number of rotatable bonds is 2. The van der Waals surface area contributed by atoms with E-state index in [0.29, 0.717) is 6.04 Å². The summed E-state index contributed by atoms with van der Waals surface area (Å²) in [5.41, 5.74) is 5.17. The molecule has 4 rings (SSSR count). The molecule has 2 aliphatic rings. The fourth-order valence-electron chi connectivity index (χ4n) is 3.59. The first-order valence-electron chi connectivity index (χ1n) is 7.84. The van der Waals surface area contributed by atoms with Crippen LogP contribution < -0.4 is 5.32 Å². The van der Waals surface area contributed by atoms with Crippen molar-refractivity contribution in [1.82, 2.24) is 9.55 Å². The fourth-order valence-corrected chi connectivity index (χ4v) is 3.59. The number of hydrogen-bond donors (Lipinski definition) is 1. The van der Waals surface area contributed by atoms with Gasteiger partial charge >= 0.3 is 0 Å². The van der Waals surface area contributed by atoms with E-state index in [4.69, 9.17) is 4.74 Å². The average Bonchev–Trinajstić information content (AvgIpc) is 3.15. The predicted molar refractivity (Wildman–Crippen MR) is 83.5 cm³/mol. The molecular formula is C17H21N3O. The van der Waals surface area contributed by atoms with Crippen LogP contribution in [0.4, 0.5) is 5.69 Å². The monoisotopic (exact) mass is 283 g/mol. The smallest absolute Gasteiger partial charge is 0.0954 e. The number of hydrogen-bond acceptors (Lipinski definition) is 3. The zero-order chi connectivity index (χ0) is 14.2. The molecule has 0 bridgehead atoms. The topological polar surface area (TPSA) is 39.1 Å². The number of anilines is 1. The van der Waals surface area contributed by atoms with Crippen molar-refractivity contribution in [2.45, 2.75) is 38.3 Å². The molecule has 4 heteroatoms. The Hall–Kier alpha value is -1.81. The number of ether oxygens (including phenoxy) is 1. The van der Waals surface area contributed by atoms with Crippen molar-refractivity contribution in [3.63, 3.8) is 0 Å². The lowest BCUT2D eigenvalue weighted by Crippen LogP contribution is -2.18. The Morgan fingerprint density at radius 1 is 1.38 bits per heavy atom. The molecule has 1 fully saturated rings. The van der Waals surface area contributed by atoms with Crippen LogP contribution in [0.25, 0.3) is 11.3 Å². The van der Waals surface area contributed by atoms with Gasteiger partial charge in [-0.05, 0) is 31.7 Å². The summed E-state index contributed by atoms with van der Waals surface area (Å²) in [6, 6.07) is 6.98. The van der Waals surface area contributed by atoms with Crippen molar-refractivity contribution < 1.29 is 4.74 Å². The highest BCUT2D eigenvalue weighted by atomic mass is 16.5. The molecule has 0 spiro atoms. The van der Waals surface area contributed by atoms with Gasteiger partial charge in [0.05, 0.1) is 30.4 Å². The Kier molecular flexibility index (Phi) is 3.19. The molecule has 21 heavy (non-hydrogen) atoms. The van der Waals surface area contributed by atoms with Crippen molar-refractivity contribution in [1.29, 1.82) is 0 Å². The van der Waals surface area contributed by atoms with Gasteiger partial charge in [0, 0.05) is 24.4 Å². The van der Waals surface area contributed by atoms with E-state index in [1.807, 2.05) is 12.5 Å². The number of aromatic nitrogens is 2. The Bertz CT molecular complexity index is 649. The minimum absolute atomic E-state index is 0.255. The highest BCUT2D eigenvalue weighted by Gasteiger charge is 2.28. The van der Waals surface area contributed by atoms with E-state index in [9.17, 15) is 0 Å². The molecule has 3 heterocycles. The van der Waals surface area contributed by atoms with Gasteiger partial charge < -0.3 is 14.6 Å². The summed E-state index contributed by atoms with van der Waals surface area (Å²) in [6.45, 7) is 4.05. The maximum absolute atomic E-state index is 5.73. The van der Waals surface area contributed by atoms with Crippen LogP contribution in [-0.2, 0) is 11.2 Å². The van der Waals surface area contributed by atoms with Gasteiger partial charge in [-0.1, -0.05) is 18.2 Å². The summed E-state index contributed by atoms with van der Waals surface area (Å²) in [4.78, 5) is 4.41. The third-order valence-electron chi connectivity index (χ3n) is 4.71. The standard InChI is InChI=1S/C17H21N3O/c1-12-15(7-9-21-12)20-11-18-10-16(20)14-6-2-4-13-5-3-8-19-17(13)14/h2,4,6,10-12,15,19H,3,5,7-9H2,1H3. The average molecular weight is 283 g/mol. The lowest BCUT2D eigenvalue weighted by atomic mass is 9.97. The molecule has 110 valence electrons. The van der Waals surface area contributed by atoms with Crippen molar-refractivity contribution in [2.24, 2.45) is 0 Å². The Morgan fingerprint density at radius 3 is 3.19 bits per heavy atom. The lowest BCUT2D eigenvalue weighted by Gasteiger charge is -2.24. The van der Waals surface area contributed by atoms with Crippen LogP contribution in [0.5, 0.6) is 0 Å². The minimum Gasteiger partial charge on any atom is -0.384 e. The molecule has 2 aromatic rings. The van der Waals surface area contributed by atoms with E-state index in [1.54, 1.807) is 0 Å². The largest absolute Gasteiger partial charge is 0.384 e. The molecular weight excluding hydrogens is 262 g/mol. The highest BCUT2D eigenvalue weighted by molar-refractivity contribution is 5.79. The van der Waals surface area contributed by atoms with Crippen LogP contribution in [0.2, 0.25) is 0 Å². The third-order valence-corrected chi connectivity index (χ3v) is 4.71. The second kappa shape index (κ2) is 5.19. The fraction of sp³-hybridized carbons (Fsp3) is 0.471. The number of nitrogens with one attached hydrogen (secondary N) is 1. The van der Waals surface area contributed by atoms with Gasteiger partial charge in [0.15, 0.2) is 0 Å². The molecule has 4 nitrogen and oxygen atoms in total. The zero-order valence-corrected chi connectivity index (χ0v) is 12.4. The molecule has 1 saturated heterocycles. The van der Waals surface area contributed by atoms with Crippen LogP contribution in [-0.4, -0.2) is 28.8 Å². The summed E-state index contributed by atoms with van der Waals surface area (Å²) in [6.07, 6.45) is 7.62. The SMILES string of the molecule is CC1OCCC1n1cncc1-c1cccc2c1NCCC2. The molecule has 1 aromatic carbocycles. The second-order valence-electron chi connectivity index (χ2n) is 5.99. The zero-order valence-electron chi connectivity index (χ0n) is 12.4. The van der Waals surface area contributed by atoms with Crippen LogP contribution in [0.1, 0.15) is 31.4 Å². The van der Waals surface area contributed by atoms with E-state index in [2.05, 4.69) is 40.0 Å². The second-order valence-corrected chi connectivity index (χ2v) is 5.99. The number of aryl methyl sites for hydroxylation is 1. The first-order chi connectivity index (χ1) is 10.3. The van der Waals surface area contributed by atoms with Crippen molar-refractivity contribution in [2.75, 3.05) is 18.5 Å². The molecule has 2 aliphatic heterocycles. The summed E-state index contributed by atoms with van der Waals surface area (Å²) in [5, 5.41) is 3.58. The highest BCUT2D eigenvalue weighted by Crippen LogP contribution is 2.37. The van der Waals surface area contributed by atoms with Crippen molar-refractivity contribution >= 4 is 5.69 Å². The number of para-hydroxylation sites is 1. The van der Waals surface area contributed by atoms with Gasteiger partial charge in [-0.2, -0.15) is 0 Å². The van der Waals surface area contributed by atoms with Crippen molar-refractivity contribution in [3.05, 3.63) is 36.3 Å². The van der Waals surface area contributed by atoms with E-state index in [0.717, 1.165) is 26.0 Å². The summed E-state index contributed by atoms with van der Waals surface area (Å²) < 4.78 is 8.02. The van der Waals surface area contributed by atoms with Crippen LogP contribution in [0, 0.1) is 0 Å². The number of nitrogens with zero attached hydrogens (tertiary/aromatic N) is 2. The van der Waals surface area contributed by atoms with Gasteiger partial charge in [0.1, 0.15) is 0 Å². The Morgan fingerprint density at radius 2 is 2.33 bits per heavy atom. The maximum atomic E-state index is 5.73. The molecule has 1 N–H and O–H groups in total. The van der Waals surface area contributed by atoms with Crippen LogP contribution in [0.3, 0.4) is 0 Å². The van der Waals surface area contributed by atoms with E-state index >= 15 is 0 Å². The molecule has 2 atom stereocenters. The maximum Gasteiger partial charge on any atom is 0.0954 e. The van der Waals surface area contributed by atoms with Gasteiger partial charge in [0.2, 0.25) is 0 Å². The molecule has 0 aliphatic carbocycles. The molecule has 0 amide bonds. The number of imidazole rings is 1. The predicted octanol–water partition coefficient (Wildman–Crippen LogP) is 3.26. The van der Waals surface area contributed by atoms with E-state index < -0.39 is 0 Å². The van der Waals surface area contributed by atoms with E-state index in [1.165, 1.54) is 28.9 Å². The molecule has 1 aromatic heterocycles. The normalized spacial score (nSPS) is 24.6. The minimum atomic E-state index is 0.255. The molecule has 2 unspecified atom stereocenters. The van der Waals surface area contributed by atoms with Crippen LogP contribution >= 0.6 is 0 Å². The Balaban J connectivity index is 1.80. The van der Waals surface area contributed by atoms with E-state index in [-0.39, 0.29) is 6.10 Å². The van der Waals surface area contributed by atoms with Gasteiger partial charge in [0.25, 0.3) is 0 Å². The number of fused-ring (bicyclic) bond motifs is 1. The van der Waals surface area contributed by atoms with Gasteiger partial charge in [-0.25, -0.2) is 4.98 Å². The molecule has 0 saturated carbocycles. The first-order valence-corrected chi connectivity index (χ1v) is 7.84. The summed E-state index contributed by atoms with van der Waals surface area (Å²) in [7, 11) is 0. The summed E-state index contributed by atoms with van der Waals surface area (Å²) in [5.74, 6) is 0. The van der Waals surface area contributed by atoms with Crippen molar-refractivity contribution in [3.8, 4) is 11.3 Å². The molecule has 0 radical (unpaired) electrons. The van der Waals surface area contributed by atoms with Gasteiger partial charge in [-0.3, -0.25) is 0 Å². The third kappa shape index (κ3) is 2.14. The number of benzene rings is 1. The lowest BCUT2D eigenvalue weighted by molar-refractivity contribution is 0.108.